The molecule has 19 heteroatoms. The molecule has 5 aromatic rings. The summed E-state index contributed by atoms with van der Waals surface area (Å²) in [7, 11) is 0. The Labute approximate surface area is 338 Å². The number of aryl methyl sites for hydroxylation is 4. The number of aldehydes is 1. The van der Waals surface area contributed by atoms with Gasteiger partial charge in [-0.15, -0.1) is 0 Å². The number of ether oxygens (including phenoxy) is 2. The highest BCUT2D eigenvalue weighted by atomic mass is 16.5. The molecule has 5 heterocycles. The van der Waals surface area contributed by atoms with Crippen LogP contribution >= 0.6 is 0 Å². The van der Waals surface area contributed by atoms with Gasteiger partial charge < -0.3 is 40.0 Å². The molecule has 7 rings (SSSR count). The first kappa shape index (κ1) is 40.0. The van der Waals surface area contributed by atoms with Crippen LogP contribution in [0.5, 0.6) is 11.5 Å². The van der Waals surface area contributed by atoms with Crippen LogP contribution in [0.25, 0.3) is 11.0 Å². The van der Waals surface area contributed by atoms with Crippen molar-refractivity contribution >= 4 is 58.3 Å². The quantitative estimate of drug-likeness (QED) is 0.0948. The van der Waals surface area contributed by atoms with Crippen LogP contribution in [0.3, 0.4) is 0 Å². The van der Waals surface area contributed by atoms with E-state index in [4.69, 9.17) is 19.6 Å². The number of benzene rings is 2. The van der Waals surface area contributed by atoms with Crippen molar-refractivity contribution in [2.75, 3.05) is 41.8 Å². The summed E-state index contributed by atoms with van der Waals surface area (Å²) >= 11 is 0. The lowest BCUT2D eigenvalue weighted by atomic mass is 10.1. The van der Waals surface area contributed by atoms with Crippen LogP contribution in [0, 0.1) is 13.8 Å². The van der Waals surface area contributed by atoms with Crippen molar-refractivity contribution in [3.63, 3.8) is 0 Å². The maximum atomic E-state index is 13.8. The Morgan fingerprint density at radius 2 is 1.56 bits per heavy atom. The van der Waals surface area contributed by atoms with Crippen LogP contribution in [0.1, 0.15) is 79.8 Å². The molecule has 0 fully saturated rings. The molecule has 0 saturated carbocycles. The van der Waals surface area contributed by atoms with Crippen molar-refractivity contribution in [1.82, 2.24) is 39.7 Å². The van der Waals surface area contributed by atoms with Gasteiger partial charge in [0, 0.05) is 50.3 Å². The number of amides is 3. The Balaban J connectivity index is 1.26. The number of hydrogen-bond acceptors (Lipinski definition) is 12. The van der Waals surface area contributed by atoms with Crippen LogP contribution < -0.4 is 35.6 Å². The van der Waals surface area contributed by atoms with Gasteiger partial charge in [0.25, 0.3) is 17.7 Å². The fourth-order valence-electron chi connectivity index (χ4n) is 7.10. The molecule has 1 unspecified atom stereocenters. The van der Waals surface area contributed by atoms with E-state index >= 15 is 0 Å². The van der Waals surface area contributed by atoms with Gasteiger partial charge in [0.05, 0.1) is 42.2 Å². The van der Waals surface area contributed by atoms with Crippen LogP contribution in [0.15, 0.2) is 48.6 Å². The van der Waals surface area contributed by atoms with E-state index in [0.29, 0.717) is 88.0 Å². The number of hydrogen-bond donors (Lipinski definition) is 5. The highest BCUT2D eigenvalue weighted by molar-refractivity contribution is 6.04. The highest BCUT2D eigenvalue weighted by Gasteiger charge is 2.34. The van der Waals surface area contributed by atoms with Crippen molar-refractivity contribution in [3.8, 4) is 11.5 Å². The number of aromatic nitrogens is 6. The van der Waals surface area contributed by atoms with Crippen LogP contribution in [0.2, 0.25) is 0 Å². The summed E-state index contributed by atoms with van der Waals surface area (Å²) in [5, 5.41) is 29.9. The van der Waals surface area contributed by atoms with E-state index in [1.807, 2.05) is 44.7 Å². The number of nitrogens with one attached hydrogen (secondary N) is 4. The summed E-state index contributed by atoms with van der Waals surface area (Å²) in [5.74, 6) is -1.37. The molecule has 59 heavy (non-hydrogen) atoms. The minimum absolute atomic E-state index is 0.0718. The van der Waals surface area contributed by atoms with E-state index in [9.17, 15) is 24.0 Å². The molecule has 0 radical (unpaired) electrons. The normalized spacial score (nSPS) is 15.5. The molecule has 2 aromatic carbocycles. The number of imidazole rings is 1. The Hall–Kier alpha value is -7.18. The second-order valence-electron chi connectivity index (χ2n) is 13.9. The molecular formula is C40H45N11O8. The smallest absolute Gasteiger partial charge is 0.305 e. The zero-order valence-corrected chi connectivity index (χ0v) is 33.1. The topological polar surface area (TPSA) is 229 Å². The van der Waals surface area contributed by atoms with E-state index < -0.39 is 24.1 Å². The largest absolute Gasteiger partial charge is 0.491 e. The molecule has 0 bridgehead atoms. The Morgan fingerprint density at radius 1 is 0.881 bits per heavy atom. The number of rotatable bonds is 11. The summed E-state index contributed by atoms with van der Waals surface area (Å²) in [5.41, 5.74) is 4.76. The maximum Gasteiger partial charge on any atom is 0.305 e. The first-order valence-electron chi connectivity index (χ1n) is 19.3. The Morgan fingerprint density at radius 3 is 2.24 bits per heavy atom. The maximum absolute atomic E-state index is 13.8. The van der Waals surface area contributed by atoms with Gasteiger partial charge in [0.2, 0.25) is 5.95 Å². The monoisotopic (exact) mass is 807 g/mol. The first-order valence-corrected chi connectivity index (χ1v) is 19.3. The lowest BCUT2D eigenvalue weighted by molar-refractivity contribution is -0.136. The third-order valence-corrected chi connectivity index (χ3v) is 9.74. The molecule has 0 saturated heterocycles. The molecule has 0 spiro atoms. The van der Waals surface area contributed by atoms with Gasteiger partial charge in [-0.1, -0.05) is 12.2 Å². The highest BCUT2D eigenvalue weighted by Crippen LogP contribution is 2.43. The summed E-state index contributed by atoms with van der Waals surface area (Å²) in [4.78, 5) is 70.5. The number of allylic oxidation sites excluding steroid dienone is 1. The molecule has 5 N–H and O–H groups in total. The lowest BCUT2D eigenvalue weighted by Crippen LogP contribution is -2.50. The Kier molecular flexibility index (Phi) is 11.6. The zero-order chi connectivity index (χ0) is 41.8. The number of carbonyl (C=O) groups excluding carboxylic acids is 4. The van der Waals surface area contributed by atoms with Crippen molar-refractivity contribution in [1.29, 1.82) is 0 Å². The number of anilines is 3. The number of carboxylic acids is 1. The lowest BCUT2D eigenvalue weighted by Gasteiger charge is -2.27. The van der Waals surface area contributed by atoms with Gasteiger partial charge in [0.1, 0.15) is 40.4 Å². The van der Waals surface area contributed by atoms with Crippen molar-refractivity contribution in [2.45, 2.75) is 66.5 Å². The molecule has 3 amide bonds. The number of nitrogens with zero attached hydrogens (tertiary/aromatic N) is 7. The predicted octanol–water partition coefficient (Wildman–Crippen LogP) is 3.72. The molecule has 19 nitrogen and oxygen atoms in total. The fraction of sp³-hybridized carbons (Fsp3) is 0.350. The third-order valence-electron chi connectivity index (χ3n) is 9.74. The first-order chi connectivity index (χ1) is 28.5. The molecular weight excluding hydrogens is 763 g/mol. The predicted molar refractivity (Wildman–Crippen MR) is 216 cm³/mol. The summed E-state index contributed by atoms with van der Waals surface area (Å²) in [6.45, 7) is 9.07. The van der Waals surface area contributed by atoms with E-state index in [-0.39, 0.29) is 56.7 Å². The zero-order valence-electron chi connectivity index (χ0n) is 33.1. The average Bonchev–Trinajstić information content (AvgIpc) is 3.97. The van der Waals surface area contributed by atoms with Gasteiger partial charge in [0.15, 0.2) is 6.29 Å². The standard InChI is InChI=1S/C40H45N11O8/c1-5-50-29(16-23(3)46-50)37(56)44-39-42-27-18-25(22-52)19-31-34(27)48(39)12-7-8-13-49-35-28(43-40(49)45-38(57)30-17-24(4)47-51(30)6-2)20-26(36(55)41-11-10-33(53)54)21-32(35)59-15-9-14-58-31/h7-8,16-22,40,43H,5-6,9-15H2,1-4H3,(H,41,55)(H,45,57)(H,53,54)(H,42,44,56)/b8-7+. The minimum Gasteiger partial charge on any atom is -0.491 e. The van der Waals surface area contributed by atoms with E-state index in [1.165, 1.54) is 0 Å². The second kappa shape index (κ2) is 17.1. The number of carbonyl (C=O) groups is 5. The van der Waals surface area contributed by atoms with Crippen molar-refractivity contribution in [3.05, 3.63) is 82.5 Å². The average molecular weight is 808 g/mol. The van der Waals surface area contributed by atoms with E-state index in [2.05, 4.69) is 31.5 Å². The Bertz CT molecular complexity index is 2480. The van der Waals surface area contributed by atoms with Gasteiger partial charge in [-0.3, -0.25) is 38.7 Å². The van der Waals surface area contributed by atoms with Gasteiger partial charge in [-0.2, -0.15) is 10.2 Å². The van der Waals surface area contributed by atoms with Crippen LogP contribution in [-0.4, -0.2) is 96.8 Å². The molecule has 3 aromatic heterocycles. The number of aliphatic carboxylic acids is 1. The fourth-order valence-corrected chi connectivity index (χ4v) is 7.10. The number of carboxylic acid groups (broad SMARTS) is 1. The van der Waals surface area contributed by atoms with Crippen molar-refractivity contribution < 1.29 is 38.6 Å². The second-order valence-corrected chi connectivity index (χ2v) is 13.9. The molecule has 308 valence electrons. The van der Waals surface area contributed by atoms with E-state index in [0.717, 1.165) is 0 Å². The van der Waals surface area contributed by atoms with Gasteiger partial charge in [-0.25, -0.2) is 4.98 Å². The SMILES string of the molecule is CCn1nc(C)cc1C(=O)Nc1nc2cc(C=O)cc3c2n1C/C=C/CN1c2c(cc(C(=O)NCCC(=O)O)cc2OCCCO3)NC1NC(=O)c1cc(C)nn1CC. The van der Waals surface area contributed by atoms with Crippen molar-refractivity contribution in [2.24, 2.45) is 0 Å². The van der Waals surface area contributed by atoms with Crippen LogP contribution in [0.4, 0.5) is 17.3 Å². The van der Waals surface area contributed by atoms with Gasteiger partial charge in [-0.05, 0) is 64.1 Å². The minimum atomic E-state index is -1.04. The molecule has 0 aliphatic carbocycles. The van der Waals surface area contributed by atoms with Gasteiger partial charge >= 0.3 is 5.97 Å². The molecule has 1 atom stereocenters. The summed E-state index contributed by atoms with van der Waals surface area (Å²) in [6.07, 6.45) is 3.79. The molecule has 2 aliphatic heterocycles. The summed E-state index contributed by atoms with van der Waals surface area (Å²) in [6, 6.07) is 9.87. The van der Waals surface area contributed by atoms with E-state index in [1.54, 1.807) is 50.3 Å². The summed E-state index contributed by atoms with van der Waals surface area (Å²) < 4.78 is 17.6. The molecule has 2 aliphatic rings. The van der Waals surface area contributed by atoms with Crippen LogP contribution in [-0.2, 0) is 24.4 Å². The third kappa shape index (κ3) is 8.44.